The van der Waals surface area contributed by atoms with Crippen molar-refractivity contribution in [2.24, 2.45) is 4.99 Å². The smallest absolute Gasteiger partial charge is 0.347 e. The maximum absolute atomic E-state index is 10.6. The van der Waals surface area contributed by atoms with Crippen LogP contribution in [0.1, 0.15) is 26.7 Å². The van der Waals surface area contributed by atoms with E-state index < -0.39 is 12.1 Å². The van der Waals surface area contributed by atoms with Gasteiger partial charge in [-0.05, 0) is 6.42 Å². The molecule has 0 aromatic heterocycles. The first kappa shape index (κ1) is 9.03. The minimum atomic E-state index is -0.922. The Morgan fingerprint density at radius 3 is 2.92 bits per heavy atom. The third-order valence-corrected chi connectivity index (χ3v) is 1.82. The van der Waals surface area contributed by atoms with Gasteiger partial charge in [-0.3, -0.25) is 0 Å². The van der Waals surface area contributed by atoms with Crippen molar-refractivity contribution >= 4 is 11.9 Å². The first-order chi connectivity index (χ1) is 5.65. The zero-order valence-electron chi connectivity index (χ0n) is 7.28. The van der Waals surface area contributed by atoms with E-state index in [4.69, 9.17) is 9.84 Å². The van der Waals surface area contributed by atoms with Crippen molar-refractivity contribution in [3.63, 3.8) is 0 Å². The molecule has 4 heteroatoms. The maximum atomic E-state index is 10.6. The molecule has 0 radical (unpaired) electrons. The average molecular weight is 171 g/mol. The number of hydrogen-bond acceptors (Lipinski definition) is 3. The lowest BCUT2D eigenvalue weighted by Crippen LogP contribution is -2.31. The van der Waals surface area contributed by atoms with Gasteiger partial charge in [-0.1, -0.05) is 13.3 Å². The average Bonchev–Trinajstić information content (AvgIpc) is 2.32. The molecule has 0 unspecified atom stereocenters. The Morgan fingerprint density at radius 2 is 2.42 bits per heavy atom. The fraction of sp³-hybridized carbons (Fsp3) is 0.750. The van der Waals surface area contributed by atoms with Crippen LogP contribution in [0.15, 0.2) is 4.99 Å². The summed E-state index contributed by atoms with van der Waals surface area (Å²) in [5, 5.41) is 8.73. The number of ether oxygens (including phenoxy) is 1. The lowest BCUT2D eigenvalue weighted by molar-refractivity contribution is -0.145. The molecule has 1 rings (SSSR count). The van der Waals surface area contributed by atoms with Crippen LogP contribution < -0.4 is 0 Å². The summed E-state index contributed by atoms with van der Waals surface area (Å²) < 4.78 is 5.04. The normalized spacial score (nSPS) is 28.0. The van der Waals surface area contributed by atoms with Crippen LogP contribution in [0.3, 0.4) is 0 Å². The number of rotatable bonds is 3. The molecule has 0 saturated carbocycles. The van der Waals surface area contributed by atoms with Crippen LogP contribution in [0, 0.1) is 0 Å². The summed E-state index contributed by atoms with van der Waals surface area (Å²) in [4.78, 5) is 14.7. The van der Waals surface area contributed by atoms with E-state index in [0.29, 0.717) is 5.90 Å². The van der Waals surface area contributed by atoms with Crippen molar-refractivity contribution in [3.8, 4) is 0 Å². The van der Waals surface area contributed by atoms with E-state index in [-0.39, 0.29) is 6.04 Å². The van der Waals surface area contributed by atoms with Gasteiger partial charge in [0, 0.05) is 6.92 Å². The third-order valence-electron chi connectivity index (χ3n) is 1.82. The molecule has 0 aromatic carbocycles. The molecule has 0 saturated heterocycles. The van der Waals surface area contributed by atoms with Crippen LogP contribution in [0.25, 0.3) is 0 Å². The zero-order chi connectivity index (χ0) is 9.14. The summed E-state index contributed by atoms with van der Waals surface area (Å²) >= 11 is 0. The molecule has 12 heavy (non-hydrogen) atoms. The third kappa shape index (κ3) is 1.75. The summed E-state index contributed by atoms with van der Waals surface area (Å²) in [5.41, 5.74) is 0. The number of aliphatic carboxylic acids is 1. The van der Waals surface area contributed by atoms with Gasteiger partial charge in [0.15, 0.2) is 5.90 Å². The number of aliphatic imine (C=N–C) groups is 1. The van der Waals surface area contributed by atoms with Gasteiger partial charge in [-0.25, -0.2) is 9.79 Å². The molecule has 4 nitrogen and oxygen atoms in total. The minimum Gasteiger partial charge on any atom is -0.478 e. The lowest BCUT2D eigenvalue weighted by Gasteiger charge is -2.11. The van der Waals surface area contributed by atoms with Crippen LogP contribution in [-0.2, 0) is 9.53 Å². The fourth-order valence-electron chi connectivity index (χ4n) is 1.32. The second kappa shape index (κ2) is 3.56. The van der Waals surface area contributed by atoms with E-state index in [2.05, 4.69) is 4.99 Å². The summed E-state index contributed by atoms with van der Waals surface area (Å²) in [7, 11) is 0. The second-order valence-electron chi connectivity index (χ2n) is 2.88. The zero-order valence-corrected chi connectivity index (χ0v) is 7.28. The largest absolute Gasteiger partial charge is 0.478 e. The molecular weight excluding hydrogens is 158 g/mol. The highest BCUT2D eigenvalue weighted by Crippen LogP contribution is 2.18. The Hall–Kier alpha value is -1.06. The molecular formula is C8H13NO3. The molecule has 0 amide bonds. The number of carboxylic acid groups (broad SMARTS) is 1. The monoisotopic (exact) mass is 171 g/mol. The number of carboxylic acids is 1. The van der Waals surface area contributed by atoms with Gasteiger partial charge in [0.25, 0.3) is 0 Å². The Bertz CT molecular complexity index is 212. The number of hydrogen-bond donors (Lipinski definition) is 1. The van der Waals surface area contributed by atoms with Gasteiger partial charge >= 0.3 is 5.97 Å². The quantitative estimate of drug-likeness (QED) is 0.690. The summed E-state index contributed by atoms with van der Waals surface area (Å²) in [5.74, 6) is -0.435. The van der Waals surface area contributed by atoms with Crippen molar-refractivity contribution in [1.82, 2.24) is 0 Å². The highest BCUT2D eigenvalue weighted by Gasteiger charge is 2.34. The number of nitrogens with zero attached hydrogens (tertiary/aromatic N) is 1. The van der Waals surface area contributed by atoms with Crippen molar-refractivity contribution in [2.75, 3.05) is 0 Å². The molecule has 1 N–H and O–H groups in total. The van der Waals surface area contributed by atoms with Gasteiger partial charge < -0.3 is 9.84 Å². The number of carbonyl (C=O) groups is 1. The van der Waals surface area contributed by atoms with E-state index in [0.717, 1.165) is 12.8 Å². The first-order valence-electron chi connectivity index (χ1n) is 4.09. The van der Waals surface area contributed by atoms with Gasteiger partial charge in [0.2, 0.25) is 6.10 Å². The van der Waals surface area contributed by atoms with Crippen LogP contribution in [0.4, 0.5) is 0 Å². The van der Waals surface area contributed by atoms with Crippen LogP contribution in [0.2, 0.25) is 0 Å². The van der Waals surface area contributed by atoms with E-state index >= 15 is 0 Å². The van der Waals surface area contributed by atoms with Crippen molar-refractivity contribution in [3.05, 3.63) is 0 Å². The second-order valence-corrected chi connectivity index (χ2v) is 2.88. The molecule has 0 aromatic rings. The van der Waals surface area contributed by atoms with Gasteiger partial charge in [-0.2, -0.15) is 0 Å². The van der Waals surface area contributed by atoms with E-state index in [9.17, 15) is 4.79 Å². The van der Waals surface area contributed by atoms with Gasteiger partial charge in [0.1, 0.15) is 6.04 Å². The molecule has 1 aliphatic rings. The van der Waals surface area contributed by atoms with Crippen molar-refractivity contribution in [1.29, 1.82) is 0 Å². The van der Waals surface area contributed by atoms with E-state index in [1.807, 2.05) is 6.92 Å². The van der Waals surface area contributed by atoms with Crippen LogP contribution >= 0.6 is 0 Å². The first-order valence-corrected chi connectivity index (χ1v) is 4.09. The maximum Gasteiger partial charge on any atom is 0.347 e. The molecule has 0 aliphatic carbocycles. The Kier molecular flexibility index (Phi) is 2.68. The van der Waals surface area contributed by atoms with Gasteiger partial charge in [0.05, 0.1) is 0 Å². The van der Waals surface area contributed by atoms with E-state index in [1.54, 1.807) is 6.92 Å². The predicted molar refractivity (Wildman–Crippen MR) is 44.3 cm³/mol. The molecule has 0 fully saturated rings. The van der Waals surface area contributed by atoms with Crippen LogP contribution in [0.5, 0.6) is 0 Å². The summed E-state index contributed by atoms with van der Waals surface area (Å²) in [6.45, 7) is 3.69. The highest BCUT2D eigenvalue weighted by atomic mass is 16.5. The SMILES string of the molecule is CCC[C@@H]1N=C(C)O[C@@H]1C(=O)O. The standard InChI is InChI=1S/C8H13NO3/c1-3-4-6-7(8(10)11)12-5(2)9-6/h6-7H,3-4H2,1-2H3,(H,10,11)/t6-,7-/m0/s1. The topological polar surface area (TPSA) is 58.9 Å². The summed E-state index contributed by atoms with van der Waals surface area (Å²) in [6, 6.07) is -0.188. The molecule has 2 atom stereocenters. The Morgan fingerprint density at radius 1 is 1.75 bits per heavy atom. The van der Waals surface area contributed by atoms with Crippen molar-refractivity contribution < 1.29 is 14.6 Å². The van der Waals surface area contributed by atoms with E-state index in [1.165, 1.54) is 0 Å². The molecule has 1 heterocycles. The molecule has 1 aliphatic heterocycles. The Labute approximate surface area is 71.3 Å². The highest BCUT2D eigenvalue weighted by molar-refractivity contribution is 5.83. The Balaban J connectivity index is 2.61. The molecule has 68 valence electrons. The summed E-state index contributed by atoms with van der Waals surface area (Å²) in [6.07, 6.45) is 0.938. The minimum absolute atomic E-state index is 0.188. The van der Waals surface area contributed by atoms with Gasteiger partial charge in [-0.15, -0.1) is 0 Å². The lowest BCUT2D eigenvalue weighted by atomic mass is 10.1. The van der Waals surface area contributed by atoms with Crippen LogP contribution in [-0.4, -0.2) is 29.1 Å². The molecule has 0 bridgehead atoms. The fourth-order valence-corrected chi connectivity index (χ4v) is 1.32. The molecule has 0 spiro atoms. The predicted octanol–water partition coefficient (Wildman–Crippen LogP) is 1.06. The van der Waals surface area contributed by atoms with Crippen molar-refractivity contribution in [2.45, 2.75) is 38.8 Å².